The topological polar surface area (TPSA) is 70.5 Å². The molecule has 1 fully saturated rings. The molecule has 1 saturated carbocycles. The van der Waals surface area contributed by atoms with Crippen LogP contribution in [0.2, 0.25) is 0 Å². The van der Waals surface area contributed by atoms with Crippen LogP contribution >= 0.6 is 0 Å². The molecule has 1 N–H and O–H groups in total. The van der Waals surface area contributed by atoms with Crippen LogP contribution in [-0.2, 0) is 0 Å². The van der Waals surface area contributed by atoms with Gasteiger partial charge in [-0.2, -0.15) is 0 Å². The van der Waals surface area contributed by atoms with Gasteiger partial charge in [0.2, 0.25) is 0 Å². The first kappa shape index (κ1) is 15.5. The number of aromatic nitrogens is 1. The second-order valence-electron chi connectivity index (χ2n) is 6.55. The molecular weight excluding hydrogens is 268 g/mol. The van der Waals surface area contributed by atoms with Crippen molar-refractivity contribution in [1.29, 1.82) is 0 Å². The minimum atomic E-state index is -1.04. The van der Waals surface area contributed by atoms with Crippen molar-refractivity contribution in [2.24, 2.45) is 5.41 Å². The molecule has 1 amide bonds. The minimum Gasteiger partial charge on any atom is -0.478 e. The summed E-state index contributed by atoms with van der Waals surface area (Å²) < 4.78 is 0. The van der Waals surface area contributed by atoms with Crippen molar-refractivity contribution in [3.8, 4) is 0 Å². The van der Waals surface area contributed by atoms with Gasteiger partial charge in [-0.3, -0.25) is 9.78 Å². The molecule has 114 valence electrons. The van der Waals surface area contributed by atoms with Crippen LogP contribution in [-0.4, -0.2) is 40.0 Å². The van der Waals surface area contributed by atoms with Crippen LogP contribution in [0.5, 0.6) is 0 Å². The highest BCUT2D eigenvalue weighted by molar-refractivity contribution is 5.93. The standard InChI is InChI=1S/C16H22N2O3/c1-16(2)8-6-12(7-9-16)18(3)14(19)13-5-4-11(10-17-13)15(20)21/h4-5,10,12H,6-9H2,1-3H3,(H,20,21). The van der Waals surface area contributed by atoms with E-state index in [4.69, 9.17) is 5.11 Å². The fourth-order valence-corrected chi connectivity index (χ4v) is 2.76. The number of carboxylic acid groups (broad SMARTS) is 1. The van der Waals surface area contributed by atoms with Crippen molar-refractivity contribution in [3.63, 3.8) is 0 Å². The summed E-state index contributed by atoms with van der Waals surface area (Å²) in [7, 11) is 1.80. The second kappa shape index (κ2) is 5.84. The van der Waals surface area contributed by atoms with E-state index in [9.17, 15) is 9.59 Å². The minimum absolute atomic E-state index is 0.0913. The predicted octanol–water partition coefficient (Wildman–Crippen LogP) is 2.82. The maximum absolute atomic E-state index is 12.4. The van der Waals surface area contributed by atoms with Gasteiger partial charge in [0.25, 0.3) is 5.91 Å². The molecule has 1 aliphatic carbocycles. The Hall–Kier alpha value is -1.91. The summed E-state index contributed by atoms with van der Waals surface area (Å²) in [5.74, 6) is -1.18. The zero-order valence-corrected chi connectivity index (χ0v) is 12.8. The van der Waals surface area contributed by atoms with E-state index in [1.165, 1.54) is 18.3 Å². The predicted molar refractivity (Wildman–Crippen MR) is 79.3 cm³/mol. The molecule has 5 heteroatoms. The second-order valence-corrected chi connectivity index (χ2v) is 6.55. The molecule has 1 aliphatic rings. The van der Waals surface area contributed by atoms with Crippen molar-refractivity contribution in [2.45, 2.75) is 45.6 Å². The Labute approximate surface area is 125 Å². The Morgan fingerprint density at radius 1 is 1.29 bits per heavy atom. The molecule has 0 bridgehead atoms. The summed E-state index contributed by atoms with van der Waals surface area (Å²) in [5.41, 5.74) is 0.753. The first-order valence-corrected chi connectivity index (χ1v) is 7.27. The molecule has 2 rings (SSSR count). The van der Waals surface area contributed by atoms with Crippen LogP contribution < -0.4 is 0 Å². The van der Waals surface area contributed by atoms with E-state index < -0.39 is 5.97 Å². The number of pyridine rings is 1. The van der Waals surface area contributed by atoms with Gasteiger partial charge in [-0.05, 0) is 43.2 Å². The van der Waals surface area contributed by atoms with Gasteiger partial charge < -0.3 is 10.0 Å². The summed E-state index contributed by atoms with van der Waals surface area (Å²) in [6.45, 7) is 4.52. The highest BCUT2D eigenvalue weighted by Crippen LogP contribution is 2.36. The van der Waals surface area contributed by atoms with E-state index in [-0.39, 0.29) is 17.5 Å². The van der Waals surface area contributed by atoms with Crippen molar-refractivity contribution in [3.05, 3.63) is 29.6 Å². The molecule has 1 aromatic heterocycles. The smallest absolute Gasteiger partial charge is 0.337 e. The van der Waals surface area contributed by atoms with E-state index >= 15 is 0 Å². The SMILES string of the molecule is CN(C(=O)c1ccc(C(=O)O)cn1)C1CCC(C)(C)CC1. The fourth-order valence-electron chi connectivity index (χ4n) is 2.76. The third-order valence-electron chi connectivity index (χ3n) is 4.41. The quantitative estimate of drug-likeness (QED) is 0.929. The number of carbonyl (C=O) groups excluding carboxylic acids is 1. The first-order valence-electron chi connectivity index (χ1n) is 7.27. The molecule has 21 heavy (non-hydrogen) atoms. The van der Waals surface area contributed by atoms with Crippen LogP contribution in [0.4, 0.5) is 0 Å². The summed E-state index contributed by atoms with van der Waals surface area (Å²) in [6.07, 6.45) is 5.46. The van der Waals surface area contributed by atoms with E-state index in [0.717, 1.165) is 25.7 Å². The van der Waals surface area contributed by atoms with Gasteiger partial charge in [0, 0.05) is 19.3 Å². The van der Waals surface area contributed by atoms with Gasteiger partial charge in [0.15, 0.2) is 0 Å². The first-order chi connectivity index (χ1) is 9.80. The Bertz CT molecular complexity index is 527. The molecule has 1 heterocycles. The molecular formula is C16H22N2O3. The summed E-state index contributed by atoms with van der Waals surface area (Å²) in [6, 6.07) is 3.14. The third kappa shape index (κ3) is 3.60. The van der Waals surface area contributed by atoms with E-state index in [2.05, 4.69) is 18.8 Å². The zero-order valence-electron chi connectivity index (χ0n) is 12.8. The lowest BCUT2D eigenvalue weighted by molar-refractivity contribution is 0.0627. The maximum atomic E-state index is 12.4. The van der Waals surface area contributed by atoms with Crippen LogP contribution in [0.25, 0.3) is 0 Å². The van der Waals surface area contributed by atoms with Crippen molar-refractivity contribution >= 4 is 11.9 Å². The van der Waals surface area contributed by atoms with Crippen LogP contribution in [0.3, 0.4) is 0 Å². The van der Waals surface area contributed by atoms with E-state index in [1.54, 1.807) is 11.9 Å². The molecule has 0 aliphatic heterocycles. The fraction of sp³-hybridized carbons (Fsp3) is 0.562. The van der Waals surface area contributed by atoms with Crippen molar-refractivity contribution in [2.75, 3.05) is 7.05 Å². The number of nitrogens with zero attached hydrogens (tertiary/aromatic N) is 2. The lowest BCUT2D eigenvalue weighted by atomic mass is 9.75. The number of amides is 1. The highest BCUT2D eigenvalue weighted by Gasteiger charge is 2.31. The molecule has 0 radical (unpaired) electrons. The Morgan fingerprint density at radius 3 is 2.38 bits per heavy atom. The monoisotopic (exact) mass is 290 g/mol. The average Bonchev–Trinajstić information content (AvgIpc) is 2.46. The van der Waals surface area contributed by atoms with Gasteiger partial charge in [0.05, 0.1) is 5.56 Å². The average molecular weight is 290 g/mol. The number of carbonyl (C=O) groups is 2. The normalized spacial score (nSPS) is 18.2. The zero-order chi connectivity index (χ0) is 15.6. The molecule has 1 aromatic rings. The van der Waals surface area contributed by atoms with Gasteiger partial charge in [-0.25, -0.2) is 4.79 Å². The maximum Gasteiger partial charge on any atom is 0.337 e. The molecule has 0 spiro atoms. The Balaban J connectivity index is 2.04. The number of hydrogen-bond donors (Lipinski definition) is 1. The lowest BCUT2D eigenvalue weighted by Crippen LogP contribution is -2.41. The summed E-state index contributed by atoms with van der Waals surface area (Å²) in [5, 5.41) is 8.84. The molecule has 0 aromatic carbocycles. The van der Waals surface area contributed by atoms with Gasteiger partial charge in [-0.15, -0.1) is 0 Å². The number of aromatic carboxylic acids is 1. The number of carboxylic acids is 1. The summed E-state index contributed by atoms with van der Waals surface area (Å²) in [4.78, 5) is 28.9. The highest BCUT2D eigenvalue weighted by atomic mass is 16.4. The third-order valence-corrected chi connectivity index (χ3v) is 4.41. The van der Waals surface area contributed by atoms with Crippen LogP contribution in [0.15, 0.2) is 18.3 Å². The van der Waals surface area contributed by atoms with Crippen molar-refractivity contribution in [1.82, 2.24) is 9.88 Å². The van der Waals surface area contributed by atoms with Gasteiger partial charge in [-0.1, -0.05) is 13.8 Å². The van der Waals surface area contributed by atoms with Gasteiger partial charge >= 0.3 is 5.97 Å². The summed E-state index contributed by atoms with van der Waals surface area (Å²) >= 11 is 0. The lowest BCUT2D eigenvalue weighted by Gasteiger charge is -2.38. The van der Waals surface area contributed by atoms with Gasteiger partial charge in [0.1, 0.15) is 5.69 Å². The Kier molecular flexibility index (Phi) is 4.30. The molecule has 0 saturated heterocycles. The molecule has 0 atom stereocenters. The van der Waals surface area contributed by atoms with E-state index in [0.29, 0.717) is 11.1 Å². The molecule has 5 nitrogen and oxygen atoms in total. The number of hydrogen-bond acceptors (Lipinski definition) is 3. The van der Waals surface area contributed by atoms with Crippen molar-refractivity contribution < 1.29 is 14.7 Å². The Morgan fingerprint density at radius 2 is 1.90 bits per heavy atom. The largest absolute Gasteiger partial charge is 0.478 e. The molecule has 0 unspecified atom stereocenters. The van der Waals surface area contributed by atoms with E-state index in [1.807, 2.05) is 0 Å². The number of rotatable bonds is 3. The van der Waals surface area contributed by atoms with Crippen LogP contribution in [0.1, 0.15) is 60.4 Å². The van der Waals surface area contributed by atoms with Crippen LogP contribution in [0, 0.1) is 5.41 Å².